The van der Waals surface area contributed by atoms with E-state index in [0.29, 0.717) is 12.2 Å². The second-order valence-corrected chi connectivity index (χ2v) is 9.70. The van der Waals surface area contributed by atoms with E-state index in [1.165, 1.54) is 11.8 Å². The molecule has 0 aliphatic carbocycles. The fraction of sp³-hybridized carbons (Fsp3) is 0.138. The van der Waals surface area contributed by atoms with Crippen LogP contribution in [0.4, 0.5) is 5.69 Å². The van der Waals surface area contributed by atoms with Gasteiger partial charge < -0.3 is 19.9 Å². The minimum atomic E-state index is -0.890. The molecular weight excluding hydrogens is 458 g/mol. The average Bonchev–Trinajstić information content (AvgIpc) is 2.88. The molecule has 0 bridgehead atoms. The number of para-hydroxylation sites is 2. The number of carboxylic acid groups (broad SMARTS) is 1. The third-order valence-corrected chi connectivity index (χ3v) is 7.57. The molecule has 0 aromatic heterocycles. The summed E-state index contributed by atoms with van der Waals surface area (Å²) in [5.41, 5.74) is 5.09. The molecule has 4 aromatic rings. The van der Waals surface area contributed by atoms with Crippen LogP contribution < -0.4 is 14.8 Å². The largest absolute Gasteiger partial charge is 0.480 e. The predicted molar refractivity (Wildman–Crippen MR) is 137 cm³/mol. The van der Waals surface area contributed by atoms with Crippen molar-refractivity contribution in [3.8, 4) is 23.0 Å². The molecule has 6 rings (SSSR count). The summed E-state index contributed by atoms with van der Waals surface area (Å²) >= 11 is 1.54. The van der Waals surface area contributed by atoms with Crippen LogP contribution in [-0.2, 0) is 17.6 Å². The van der Waals surface area contributed by atoms with E-state index < -0.39 is 12.0 Å². The zero-order valence-electron chi connectivity index (χ0n) is 18.9. The van der Waals surface area contributed by atoms with Gasteiger partial charge in [0.1, 0.15) is 29.0 Å². The van der Waals surface area contributed by atoms with Crippen molar-refractivity contribution < 1.29 is 19.4 Å². The monoisotopic (exact) mass is 481 g/mol. The first-order valence-corrected chi connectivity index (χ1v) is 12.5. The van der Waals surface area contributed by atoms with Crippen LogP contribution in [0.3, 0.4) is 0 Å². The van der Waals surface area contributed by atoms with Gasteiger partial charge in [0, 0.05) is 40.3 Å². The number of ether oxygens (including phenoxy) is 2. The van der Waals surface area contributed by atoms with Crippen molar-refractivity contribution in [1.29, 1.82) is 0 Å². The molecule has 6 heteroatoms. The third-order valence-electron chi connectivity index (χ3n) is 6.38. The molecule has 0 saturated heterocycles. The fourth-order valence-corrected chi connectivity index (χ4v) is 5.68. The van der Waals surface area contributed by atoms with E-state index in [0.717, 1.165) is 62.3 Å². The first-order valence-electron chi connectivity index (χ1n) is 11.5. The van der Waals surface area contributed by atoms with E-state index >= 15 is 0 Å². The van der Waals surface area contributed by atoms with Gasteiger partial charge in [0.2, 0.25) is 0 Å². The van der Waals surface area contributed by atoms with Crippen LogP contribution in [0.1, 0.15) is 22.3 Å². The van der Waals surface area contributed by atoms with Crippen molar-refractivity contribution in [2.24, 2.45) is 0 Å². The van der Waals surface area contributed by atoms with Crippen LogP contribution in [0.25, 0.3) is 0 Å². The number of thioether (sulfide) groups is 1. The van der Waals surface area contributed by atoms with E-state index in [1.54, 1.807) is 0 Å². The lowest BCUT2D eigenvalue weighted by atomic mass is 9.98. The van der Waals surface area contributed by atoms with Gasteiger partial charge in [-0.05, 0) is 47.5 Å². The van der Waals surface area contributed by atoms with Crippen LogP contribution in [0.15, 0.2) is 89.8 Å². The van der Waals surface area contributed by atoms with Crippen molar-refractivity contribution in [3.63, 3.8) is 0 Å². The lowest BCUT2D eigenvalue weighted by Gasteiger charge is -2.25. The highest BCUT2D eigenvalue weighted by Crippen LogP contribution is 2.42. The van der Waals surface area contributed by atoms with Gasteiger partial charge >= 0.3 is 5.97 Å². The lowest BCUT2D eigenvalue weighted by Crippen LogP contribution is -2.32. The Morgan fingerprint density at radius 2 is 1.34 bits per heavy atom. The Hall–Kier alpha value is -3.90. The highest BCUT2D eigenvalue weighted by molar-refractivity contribution is 7.99. The Bertz CT molecular complexity index is 1430. The van der Waals surface area contributed by atoms with Crippen LogP contribution >= 0.6 is 11.8 Å². The zero-order chi connectivity index (χ0) is 23.8. The summed E-state index contributed by atoms with van der Waals surface area (Å²) in [6.07, 6.45) is 1.46. The smallest absolute Gasteiger partial charge is 0.326 e. The van der Waals surface area contributed by atoms with Gasteiger partial charge in [0.05, 0.1) is 0 Å². The number of hydrogen-bond acceptors (Lipinski definition) is 5. The number of benzene rings is 4. The molecule has 2 aliphatic heterocycles. The van der Waals surface area contributed by atoms with Gasteiger partial charge in [0.25, 0.3) is 0 Å². The Morgan fingerprint density at radius 1 is 0.771 bits per heavy atom. The number of anilines is 1. The SMILES string of the molecule is O=C(O)[C@H](CSc1cccc2c1Cc1ccccc1O2)Nc1cccc2c1Cc1ccccc1O2. The maximum Gasteiger partial charge on any atom is 0.326 e. The molecule has 2 aliphatic rings. The first kappa shape index (κ1) is 21.6. The van der Waals surface area contributed by atoms with E-state index in [-0.39, 0.29) is 0 Å². The quantitative estimate of drug-likeness (QED) is 0.257. The number of carbonyl (C=O) groups is 1. The number of nitrogens with one attached hydrogen (secondary N) is 1. The summed E-state index contributed by atoms with van der Waals surface area (Å²) in [6, 6.07) is 26.9. The number of carboxylic acids is 1. The third kappa shape index (κ3) is 4.21. The van der Waals surface area contributed by atoms with Crippen molar-refractivity contribution in [1.82, 2.24) is 0 Å². The Kier molecular flexibility index (Phi) is 5.58. The van der Waals surface area contributed by atoms with Gasteiger partial charge in [-0.2, -0.15) is 0 Å². The summed E-state index contributed by atoms with van der Waals surface area (Å²) in [7, 11) is 0. The molecule has 0 radical (unpaired) electrons. The van der Waals surface area contributed by atoms with Crippen molar-refractivity contribution in [3.05, 3.63) is 107 Å². The number of fused-ring (bicyclic) bond motifs is 4. The molecular formula is C29H23NO4S. The highest BCUT2D eigenvalue weighted by Gasteiger charge is 2.25. The van der Waals surface area contributed by atoms with E-state index in [1.807, 2.05) is 78.9 Å². The van der Waals surface area contributed by atoms with E-state index in [2.05, 4.69) is 11.4 Å². The van der Waals surface area contributed by atoms with Crippen molar-refractivity contribution >= 4 is 23.4 Å². The predicted octanol–water partition coefficient (Wildman–Crippen LogP) is 6.74. The normalized spacial score (nSPS) is 13.7. The molecule has 0 unspecified atom stereocenters. The van der Waals surface area contributed by atoms with E-state index in [4.69, 9.17) is 9.47 Å². The number of hydrogen-bond donors (Lipinski definition) is 2. The van der Waals surface area contributed by atoms with Gasteiger partial charge in [-0.25, -0.2) is 4.79 Å². The minimum Gasteiger partial charge on any atom is -0.480 e. The Labute approximate surface area is 207 Å². The molecule has 1 atom stereocenters. The molecule has 2 N–H and O–H groups in total. The van der Waals surface area contributed by atoms with Gasteiger partial charge in [-0.15, -0.1) is 11.8 Å². The topological polar surface area (TPSA) is 67.8 Å². The molecule has 35 heavy (non-hydrogen) atoms. The number of rotatable bonds is 6. The summed E-state index contributed by atoms with van der Waals surface area (Å²) < 4.78 is 12.2. The average molecular weight is 482 g/mol. The molecule has 0 saturated carbocycles. The van der Waals surface area contributed by atoms with Gasteiger partial charge in [-0.1, -0.05) is 48.5 Å². The molecule has 4 aromatic carbocycles. The minimum absolute atomic E-state index is 0.370. The van der Waals surface area contributed by atoms with Crippen molar-refractivity contribution in [2.75, 3.05) is 11.1 Å². The molecule has 5 nitrogen and oxygen atoms in total. The summed E-state index contributed by atoms with van der Waals surface area (Å²) in [5, 5.41) is 13.3. The molecule has 174 valence electrons. The van der Waals surface area contributed by atoms with Crippen LogP contribution in [0.5, 0.6) is 23.0 Å². The zero-order valence-corrected chi connectivity index (χ0v) is 19.7. The highest BCUT2D eigenvalue weighted by atomic mass is 32.2. The second-order valence-electron chi connectivity index (χ2n) is 8.63. The molecule has 0 fully saturated rings. The fourth-order valence-electron chi connectivity index (χ4n) is 4.58. The molecule has 0 amide bonds. The van der Waals surface area contributed by atoms with Crippen LogP contribution in [0, 0.1) is 0 Å². The summed E-state index contributed by atoms with van der Waals surface area (Å²) in [6.45, 7) is 0. The molecule has 0 spiro atoms. The van der Waals surface area contributed by atoms with Crippen LogP contribution in [-0.4, -0.2) is 22.9 Å². The van der Waals surface area contributed by atoms with Gasteiger partial charge in [0.15, 0.2) is 0 Å². The maximum absolute atomic E-state index is 12.2. The van der Waals surface area contributed by atoms with Crippen LogP contribution in [0.2, 0.25) is 0 Å². The Morgan fingerprint density at radius 3 is 2.03 bits per heavy atom. The van der Waals surface area contributed by atoms with Gasteiger partial charge in [-0.3, -0.25) is 0 Å². The second kappa shape index (κ2) is 9.04. The van der Waals surface area contributed by atoms with E-state index in [9.17, 15) is 9.90 Å². The number of aliphatic carboxylic acids is 1. The van der Waals surface area contributed by atoms with Crippen molar-refractivity contribution in [2.45, 2.75) is 23.8 Å². The Balaban J connectivity index is 1.22. The first-order chi connectivity index (χ1) is 17.2. The lowest BCUT2D eigenvalue weighted by molar-refractivity contribution is -0.137. The molecule has 2 heterocycles. The standard InChI is InChI=1S/C29H23NO4S/c31-29(32)23(30-22-9-5-12-26-20(22)15-18-7-1-3-10-24(18)33-26)17-35-28-14-6-13-27-21(28)16-19-8-2-4-11-25(19)34-27/h1-14,23,30H,15-17H2,(H,31,32)/t23-/m0/s1. The maximum atomic E-state index is 12.2. The summed E-state index contributed by atoms with van der Waals surface area (Å²) in [4.78, 5) is 13.3. The summed E-state index contributed by atoms with van der Waals surface area (Å²) in [5.74, 6) is 2.80.